The van der Waals surface area contributed by atoms with Crippen molar-refractivity contribution < 1.29 is 8.42 Å². The van der Waals surface area contributed by atoms with Crippen molar-refractivity contribution in [1.29, 1.82) is 0 Å². The summed E-state index contributed by atoms with van der Waals surface area (Å²) < 4.78 is 25.1. The van der Waals surface area contributed by atoms with E-state index in [0.717, 1.165) is 5.56 Å². The standard InChI is InChI=1S/C16H21NO2S/c1-12-6-5-7-15(17-12)20(18,19)14-10-8-13(9-11-14)16(2,3)4/h5-12,17H,1-4H3. The van der Waals surface area contributed by atoms with Gasteiger partial charge in [0.25, 0.3) is 0 Å². The minimum absolute atomic E-state index is 0.0158. The lowest BCUT2D eigenvalue weighted by atomic mass is 9.87. The lowest BCUT2D eigenvalue weighted by molar-refractivity contribution is 0.585. The largest absolute Gasteiger partial charge is 0.370 e. The number of dihydropyridines is 1. The van der Waals surface area contributed by atoms with Crippen molar-refractivity contribution in [2.24, 2.45) is 0 Å². The molecule has 0 aromatic heterocycles. The summed E-state index contributed by atoms with van der Waals surface area (Å²) in [6.07, 6.45) is 5.30. The summed E-state index contributed by atoms with van der Waals surface area (Å²) in [7, 11) is -3.46. The van der Waals surface area contributed by atoms with Crippen LogP contribution in [0.25, 0.3) is 0 Å². The number of hydrogen-bond donors (Lipinski definition) is 1. The first-order chi connectivity index (χ1) is 9.21. The van der Waals surface area contributed by atoms with E-state index in [9.17, 15) is 8.42 Å². The first kappa shape index (κ1) is 14.9. The van der Waals surface area contributed by atoms with Gasteiger partial charge in [-0.2, -0.15) is 0 Å². The fraction of sp³-hybridized carbons (Fsp3) is 0.375. The van der Waals surface area contributed by atoms with E-state index in [-0.39, 0.29) is 16.5 Å². The molecule has 1 aromatic rings. The molecule has 4 heteroatoms. The van der Waals surface area contributed by atoms with E-state index in [2.05, 4.69) is 26.1 Å². The van der Waals surface area contributed by atoms with Crippen LogP contribution in [-0.4, -0.2) is 14.5 Å². The van der Waals surface area contributed by atoms with Crippen molar-refractivity contribution in [3.05, 3.63) is 53.1 Å². The summed E-state index contributed by atoms with van der Waals surface area (Å²) in [4.78, 5) is 0.326. The van der Waals surface area contributed by atoms with Crippen LogP contribution in [0.5, 0.6) is 0 Å². The number of nitrogens with one attached hydrogen (secondary N) is 1. The Balaban J connectivity index is 2.36. The number of hydrogen-bond acceptors (Lipinski definition) is 3. The summed E-state index contributed by atoms with van der Waals surface area (Å²) in [6.45, 7) is 8.23. The molecule has 1 atom stereocenters. The molecule has 0 radical (unpaired) electrons. The highest BCUT2D eigenvalue weighted by Crippen LogP contribution is 2.25. The summed E-state index contributed by atoms with van der Waals surface area (Å²) in [5.41, 5.74) is 1.14. The molecule has 0 spiro atoms. The lowest BCUT2D eigenvalue weighted by Gasteiger charge is -2.20. The van der Waals surface area contributed by atoms with Gasteiger partial charge in [0.15, 0.2) is 0 Å². The molecule has 2 rings (SSSR count). The lowest BCUT2D eigenvalue weighted by Crippen LogP contribution is -2.30. The van der Waals surface area contributed by atoms with E-state index >= 15 is 0 Å². The second kappa shape index (κ2) is 5.09. The minimum atomic E-state index is -3.46. The predicted octanol–water partition coefficient (Wildman–Crippen LogP) is 3.15. The Hall–Kier alpha value is -1.55. The first-order valence-electron chi connectivity index (χ1n) is 6.72. The van der Waals surface area contributed by atoms with E-state index in [4.69, 9.17) is 0 Å². The van der Waals surface area contributed by atoms with Gasteiger partial charge in [-0.3, -0.25) is 0 Å². The van der Waals surface area contributed by atoms with Crippen LogP contribution in [0.15, 0.2) is 52.4 Å². The van der Waals surface area contributed by atoms with Gasteiger partial charge in [-0.25, -0.2) is 8.42 Å². The first-order valence-corrected chi connectivity index (χ1v) is 8.20. The number of benzene rings is 1. The van der Waals surface area contributed by atoms with Crippen LogP contribution in [0.2, 0.25) is 0 Å². The summed E-state index contributed by atoms with van der Waals surface area (Å²) in [5, 5.41) is 3.25. The molecule has 1 aliphatic rings. The van der Waals surface area contributed by atoms with Gasteiger partial charge in [-0.15, -0.1) is 0 Å². The topological polar surface area (TPSA) is 46.2 Å². The number of sulfone groups is 1. The van der Waals surface area contributed by atoms with Crippen LogP contribution < -0.4 is 5.32 Å². The fourth-order valence-electron chi connectivity index (χ4n) is 2.06. The predicted molar refractivity (Wildman–Crippen MR) is 82.1 cm³/mol. The van der Waals surface area contributed by atoms with Gasteiger partial charge in [-0.1, -0.05) is 45.1 Å². The summed E-state index contributed by atoms with van der Waals surface area (Å²) in [5.74, 6) is 0. The average molecular weight is 291 g/mol. The Labute approximate surface area is 121 Å². The Morgan fingerprint density at radius 3 is 2.20 bits per heavy atom. The highest BCUT2D eigenvalue weighted by atomic mass is 32.2. The van der Waals surface area contributed by atoms with Crippen LogP contribution in [0.1, 0.15) is 33.3 Å². The zero-order chi connectivity index (χ0) is 15.0. The molecule has 1 aromatic carbocycles. The normalized spacial score (nSPS) is 19.4. The van der Waals surface area contributed by atoms with Gasteiger partial charge in [-0.05, 0) is 36.1 Å². The molecule has 1 heterocycles. The third-order valence-corrected chi connectivity index (χ3v) is 5.06. The van der Waals surface area contributed by atoms with E-state index in [1.165, 1.54) is 0 Å². The molecule has 0 aliphatic carbocycles. The molecule has 20 heavy (non-hydrogen) atoms. The Bertz CT molecular complexity index is 647. The van der Waals surface area contributed by atoms with Crippen LogP contribution in [0.3, 0.4) is 0 Å². The molecule has 0 amide bonds. The van der Waals surface area contributed by atoms with Gasteiger partial charge in [0.2, 0.25) is 9.84 Å². The average Bonchev–Trinajstić information content (AvgIpc) is 2.38. The molecular formula is C16H21NO2S. The molecule has 1 N–H and O–H groups in total. The van der Waals surface area contributed by atoms with E-state index in [1.807, 2.05) is 25.1 Å². The second-order valence-electron chi connectivity index (χ2n) is 6.13. The Morgan fingerprint density at radius 1 is 1.10 bits per heavy atom. The van der Waals surface area contributed by atoms with Crippen molar-refractivity contribution in [3.63, 3.8) is 0 Å². The maximum Gasteiger partial charge on any atom is 0.221 e. The minimum Gasteiger partial charge on any atom is -0.370 e. The van der Waals surface area contributed by atoms with Gasteiger partial charge >= 0.3 is 0 Å². The van der Waals surface area contributed by atoms with Crippen molar-refractivity contribution >= 4 is 9.84 Å². The monoisotopic (exact) mass is 291 g/mol. The van der Waals surface area contributed by atoms with Crippen LogP contribution in [-0.2, 0) is 15.3 Å². The van der Waals surface area contributed by atoms with Crippen molar-refractivity contribution in [1.82, 2.24) is 5.32 Å². The van der Waals surface area contributed by atoms with E-state index in [1.54, 1.807) is 24.3 Å². The third-order valence-electron chi connectivity index (χ3n) is 3.34. The van der Waals surface area contributed by atoms with Gasteiger partial charge in [0, 0.05) is 6.04 Å². The maximum atomic E-state index is 12.5. The molecule has 0 fully saturated rings. The van der Waals surface area contributed by atoms with Crippen molar-refractivity contribution in [2.75, 3.05) is 0 Å². The van der Waals surface area contributed by atoms with Crippen LogP contribution in [0.4, 0.5) is 0 Å². The van der Waals surface area contributed by atoms with Gasteiger partial charge in [0.1, 0.15) is 5.03 Å². The van der Waals surface area contributed by atoms with E-state index < -0.39 is 9.84 Å². The van der Waals surface area contributed by atoms with Crippen molar-refractivity contribution in [2.45, 2.75) is 44.0 Å². The smallest absolute Gasteiger partial charge is 0.221 e. The summed E-state index contributed by atoms with van der Waals surface area (Å²) in [6, 6.07) is 7.16. The highest BCUT2D eigenvalue weighted by molar-refractivity contribution is 7.95. The zero-order valence-electron chi connectivity index (χ0n) is 12.3. The number of rotatable bonds is 2. The molecule has 108 valence electrons. The Morgan fingerprint density at radius 2 is 1.70 bits per heavy atom. The van der Waals surface area contributed by atoms with Gasteiger partial charge < -0.3 is 5.32 Å². The maximum absolute atomic E-state index is 12.5. The van der Waals surface area contributed by atoms with Crippen LogP contribution in [0, 0.1) is 0 Å². The molecule has 0 saturated carbocycles. The fourth-order valence-corrected chi connectivity index (χ4v) is 3.41. The SMILES string of the molecule is CC1C=CC=C(S(=O)(=O)c2ccc(C(C)(C)C)cc2)N1. The number of allylic oxidation sites excluding steroid dienone is 2. The van der Waals surface area contributed by atoms with Gasteiger partial charge in [0.05, 0.1) is 4.90 Å². The van der Waals surface area contributed by atoms with Crippen LogP contribution >= 0.6 is 0 Å². The highest BCUT2D eigenvalue weighted by Gasteiger charge is 2.23. The summed E-state index contributed by atoms with van der Waals surface area (Å²) >= 11 is 0. The molecule has 1 unspecified atom stereocenters. The molecule has 0 saturated heterocycles. The zero-order valence-corrected chi connectivity index (χ0v) is 13.2. The Kier molecular flexibility index (Phi) is 3.78. The quantitative estimate of drug-likeness (QED) is 0.910. The molecular weight excluding hydrogens is 270 g/mol. The molecule has 1 aliphatic heterocycles. The van der Waals surface area contributed by atoms with E-state index in [0.29, 0.717) is 4.90 Å². The second-order valence-corrected chi connectivity index (χ2v) is 8.04. The molecule has 0 bridgehead atoms. The molecule has 3 nitrogen and oxygen atoms in total. The van der Waals surface area contributed by atoms with Crippen molar-refractivity contribution in [3.8, 4) is 0 Å². The third kappa shape index (κ3) is 2.96.